The summed E-state index contributed by atoms with van der Waals surface area (Å²) in [6.45, 7) is 6.08. The molecule has 0 radical (unpaired) electrons. The quantitative estimate of drug-likeness (QED) is 0.627. The van der Waals surface area contributed by atoms with Crippen LogP contribution in [0.1, 0.15) is 29.0 Å². The van der Waals surface area contributed by atoms with Gasteiger partial charge in [-0.2, -0.15) is 0 Å². The Balaban J connectivity index is 1.14. The molecule has 0 aliphatic carbocycles. The lowest BCUT2D eigenvalue weighted by Gasteiger charge is -2.38. The van der Waals surface area contributed by atoms with Crippen molar-refractivity contribution in [2.75, 3.05) is 44.2 Å². The van der Waals surface area contributed by atoms with Crippen LogP contribution in [0.4, 0.5) is 5.13 Å². The Morgan fingerprint density at radius 3 is 2.48 bits per heavy atom. The fraction of sp³-hybridized carbons (Fsp3) is 0.435. The van der Waals surface area contributed by atoms with Crippen LogP contribution in [-0.4, -0.2) is 65.9 Å². The van der Waals surface area contributed by atoms with Crippen molar-refractivity contribution in [2.24, 2.45) is 5.92 Å². The first kappa shape index (κ1) is 20.1. The summed E-state index contributed by atoms with van der Waals surface area (Å²) in [5.41, 5.74) is 2.30. The molecule has 8 heteroatoms. The molecule has 2 amide bonds. The molecule has 162 valence electrons. The first-order valence-electron chi connectivity index (χ1n) is 10.8. The number of hydrogen-bond acceptors (Lipinski definition) is 6. The average Bonchev–Trinajstić information content (AvgIpc) is 3.48. The van der Waals surface area contributed by atoms with Gasteiger partial charge < -0.3 is 19.1 Å². The third-order valence-corrected chi connectivity index (χ3v) is 7.34. The van der Waals surface area contributed by atoms with Crippen LogP contribution in [0.2, 0.25) is 0 Å². The monoisotopic (exact) mass is 438 g/mol. The van der Waals surface area contributed by atoms with Gasteiger partial charge in [-0.05, 0) is 49.6 Å². The Labute approximate surface area is 185 Å². The van der Waals surface area contributed by atoms with Crippen molar-refractivity contribution < 1.29 is 14.0 Å². The highest BCUT2D eigenvalue weighted by Crippen LogP contribution is 2.32. The van der Waals surface area contributed by atoms with E-state index >= 15 is 0 Å². The van der Waals surface area contributed by atoms with Crippen molar-refractivity contribution >= 4 is 38.5 Å². The number of rotatable bonds is 3. The number of hydrogen-bond donors (Lipinski definition) is 0. The zero-order valence-electron chi connectivity index (χ0n) is 17.6. The van der Waals surface area contributed by atoms with Crippen LogP contribution in [0.5, 0.6) is 0 Å². The van der Waals surface area contributed by atoms with Crippen LogP contribution < -0.4 is 4.90 Å². The van der Waals surface area contributed by atoms with Crippen LogP contribution in [0, 0.1) is 12.8 Å². The highest BCUT2D eigenvalue weighted by atomic mass is 32.1. The second-order valence-corrected chi connectivity index (χ2v) is 9.33. The molecular weight excluding hydrogens is 412 g/mol. The minimum absolute atomic E-state index is 0.0557. The molecule has 3 aromatic rings. The molecule has 0 unspecified atom stereocenters. The van der Waals surface area contributed by atoms with Gasteiger partial charge in [0.1, 0.15) is 0 Å². The number of amides is 2. The zero-order chi connectivity index (χ0) is 21.4. The number of carbonyl (C=O) groups is 2. The number of benzene rings is 1. The number of aromatic nitrogens is 1. The van der Waals surface area contributed by atoms with Gasteiger partial charge in [-0.15, -0.1) is 0 Å². The third kappa shape index (κ3) is 4.04. The van der Waals surface area contributed by atoms with E-state index in [-0.39, 0.29) is 17.7 Å². The molecule has 2 saturated heterocycles. The Morgan fingerprint density at radius 1 is 1.03 bits per heavy atom. The molecule has 0 bridgehead atoms. The van der Waals surface area contributed by atoms with Gasteiger partial charge in [0.05, 0.1) is 16.5 Å². The van der Waals surface area contributed by atoms with E-state index in [2.05, 4.69) is 30.0 Å². The third-order valence-electron chi connectivity index (χ3n) is 6.26. The number of anilines is 1. The summed E-state index contributed by atoms with van der Waals surface area (Å²) < 4.78 is 6.43. The highest BCUT2D eigenvalue weighted by Gasteiger charge is 2.32. The van der Waals surface area contributed by atoms with Gasteiger partial charge in [0.25, 0.3) is 5.91 Å². The molecule has 0 atom stereocenters. The van der Waals surface area contributed by atoms with E-state index in [9.17, 15) is 9.59 Å². The summed E-state index contributed by atoms with van der Waals surface area (Å²) in [6, 6.07) is 9.76. The number of furan rings is 1. The topological polar surface area (TPSA) is 69.9 Å². The van der Waals surface area contributed by atoms with E-state index in [1.54, 1.807) is 28.4 Å². The molecule has 1 aromatic carbocycles. The summed E-state index contributed by atoms with van der Waals surface area (Å²) in [6.07, 6.45) is 3.20. The van der Waals surface area contributed by atoms with Crippen LogP contribution in [0.15, 0.2) is 41.0 Å². The van der Waals surface area contributed by atoms with Crippen molar-refractivity contribution in [3.63, 3.8) is 0 Å². The summed E-state index contributed by atoms with van der Waals surface area (Å²) in [7, 11) is 0. The van der Waals surface area contributed by atoms with Crippen molar-refractivity contribution in [1.82, 2.24) is 14.8 Å². The number of carbonyl (C=O) groups excluding carboxylic acids is 2. The molecule has 5 rings (SSSR count). The molecule has 2 aliphatic rings. The number of piperazine rings is 1. The lowest BCUT2D eigenvalue weighted by atomic mass is 9.95. The Hall–Kier alpha value is -2.87. The lowest BCUT2D eigenvalue weighted by molar-refractivity contribution is -0.137. The van der Waals surface area contributed by atoms with Gasteiger partial charge in [0.15, 0.2) is 10.9 Å². The van der Waals surface area contributed by atoms with Gasteiger partial charge in [-0.1, -0.05) is 17.4 Å². The van der Waals surface area contributed by atoms with Gasteiger partial charge in [-0.3, -0.25) is 9.59 Å². The number of aryl methyl sites for hydroxylation is 1. The highest BCUT2D eigenvalue weighted by molar-refractivity contribution is 7.22. The van der Waals surface area contributed by atoms with Gasteiger partial charge >= 0.3 is 0 Å². The molecule has 0 N–H and O–H groups in total. The number of fused-ring (bicyclic) bond motifs is 1. The summed E-state index contributed by atoms with van der Waals surface area (Å²) >= 11 is 1.73. The van der Waals surface area contributed by atoms with Crippen molar-refractivity contribution in [1.29, 1.82) is 0 Å². The maximum Gasteiger partial charge on any atom is 0.289 e. The van der Waals surface area contributed by atoms with E-state index in [4.69, 9.17) is 9.40 Å². The minimum Gasteiger partial charge on any atom is -0.459 e. The second kappa shape index (κ2) is 8.34. The molecule has 4 heterocycles. The number of piperidine rings is 1. The van der Waals surface area contributed by atoms with Gasteiger partial charge in [0, 0.05) is 45.2 Å². The Bertz CT molecular complexity index is 1080. The molecular formula is C23H26N4O3S. The van der Waals surface area contributed by atoms with Crippen LogP contribution in [0.3, 0.4) is 0 Å². The fourth-order valence-corrected chi connectivity index (χ4v) is 5.53. The molecule has 2 aliphatic heterocycles. The Morgan fingerprint density at radius 2 is 1.77 bits per heavy atom. The van der Waals surface area contributed by atoms with Crippen LogP contribution in [0.25, 0.3) is 10.2 Å². The standard InChI is InChI=1S/C23H26N4O3S/c1-16-4-5-18-20(15-16)31-23(24-18)27-8-6-17(7-9-27)21(28)25-10-12-26(13-11-25)22(29)19-3-2-14-30-19/h2-5,14-15,17H,6-13H2,1H3. The van der Waals surface area contributed by atoms with E-state index in [1.807, 2.05) is 4.90 Å². The van der Waals surface area contributed by atoms with E-state index in [0.29, 0.717) is 31.9 Å². The van der Waals surface area contributed by atoms with Crippen molar-refractivity contribution in [2.45, 2.75) is 19.8 Å². The maximum atomic E-state index is 13.1. The first-order valence-corrected chi connectivity index (χ1v) is 11.6. The largest absolute Gasteiger partial charge is 0.459 e. The summed E-state index contributed by atoms with van der Waals surface area (Å²) in [5, 5.41) is 1.05. The SMILES string of the molecule is Cc1ccc2nc(N3CCC(C(=O)N4CCN(C(=O)c5ccco5)CC4)CC3)sc2c1. The van der Waals surface area contributed by atoms with Crippen molar-refractivity contribution in [3.8, 4) is 0 Å². The fourth-order valence-electron chi connectivity index (χ4n) is 4.42. The molecule has 31 heavy (non-hydrogen) atoms. The van der Waals surface area contributed by atoms with Gasteiger partial charge in [0.2, 0.25) is 5.91 Å². The Kier molecular flexibility index (Phi) is 5.40. The molecule has 2 fully saturated rings. The van der Waals surface area contributed by atoms with Crippen LogP contribution >= 0.6 is 11.3 Å². The van der Waals surface area contributed by atoms with Crippen molar-refractivity contribution in [3.05, 3.63) is 47.9 Å². The van der Waals surface area contributed by atoms with E-state index < -0.39 is 0 Å². The average molecular weight is 439 g/mol. The normalized spacial score (nSPS) is 18.0. The number of thiazole rings is 1. The second-order valence-electron chi connectivity index (χ2n) is 8.32. The molecule has 0 saturated carbocycles. The predicted molar refractivity (Wildman–Crippen MR) is 120 cm³/mol. The van der Waals surface area contributed by atoms with E-state index in [0.717, 1.165) is 36.6 Å². The molecule has 0 spiro atoms. The zero-order valence-corrected chi connectivity index (χ0v) is 18.4. The molecule has 7 nitrogen and oxygen atoms in total. The smallest absolute Gasteiger partial charge is 0.289 e. The summed E-state index contributed by atoms with van der Waals surface area (Å²) in [4.78, 5) is 36.2. The number of nitrogens with zero attached hydrogens (tertiary/aromatic N) is 4. The molecule has 2 aromatic heterocycles. The van der Waals surface area contributed by atoms with Crippen LogP contribution in [-0.2, 0) is 4.79 Å². The van der Waals surface area contributed by atoms with Gasteiger partial charge in [-0.25, -0.2) is 4.98 Å². The predicted octanol–water partition coefficient (Wildman–Crippen LogP) is 3.40. The summed E-state index contributed by atoms with van der Waals surface area (Å²) in [5.74, 6) is 0.540. The first-order chi connectivity index (χ1) is 15.1. The lowest BCUT2D eigenvalue weighted by Crippen LogP contribution is -2.53. The minimum atomic E-state index is -0.101. The maximum absolute atomic E-state index is 13.1. The van der Waals surface area contributed by atoms with E-state index in [1.165, 1.54) is 16.5 Å².